The Kier molecular flexibility index (Phi) is 5.96. The van der Waals surface area contributed by atoms with E-state index in [1.54, 1.807) is 17.1 Å². The number of benzene rings is 2. The fourth-order valence-electron chi connectivity index (χ4n) is 4.29. The average Bonchev–Trinajstić information content (AvgIpc) is 3.54. The van der Waals surface area contributed by atoms with Crippen molar-refractivity contribution < 1.29 is 22.7 Å². The van der Waals surface area contributed by atoms with Crippen LogP contribution in [-0.4, -0.2) is 51.4 Å². The van der Waals surface area contributed by atoms with E-state index in [1.165, 1.54) is 17.7 Å². The lowest BCUT2D eigenvalue weighted by atomic mass is 10.1. The van der Waals surface area contributed by atoms with Gasteiger partial charge >= 0.3 is 0 Å². The van der Waals surface area contributed by atoms with Crippen molar-refractivity contribution in [1.82, 2.24) is 25.1 Å². The molecule has 10 heteroatoms. The average molecular weight is 490 g/mol. The molecule has 1 N–H and O–H groups in total. The molecule has 0 radical (unpaired) electrons. The van der Waals surface area contributed by atoms with E-state index in [4.69, 9.17) is 9.26 Å². The molecule has 182 valence electrons. The van der Waals surface area contributed by atoms with Gasteiger partial charge in [0.1, 0.15) is 28.7 Å². The first-order valence-electron chi connectivity index (χ1n) is 11.7. The monoisotopic (exact) mass is 489 g/mol. The molecule has 1 aliphatic heterocycles. The van der Waals surface area contributed by atoms with Gasteiger partial charge < -0.3 is 14.2 Å². The number of imidazole rings is 1. The summed E-state index contributed by atoms with van der Waals surface area (Å²) in [5.41, 5.74) is 4.21. The van der Waals surface area contributed by atoms with Crippen LogP contribution in [-0.2, 0) is 17.8 Å². The van der Waals surface area contributed by atoms with Gasteiger partial charge in [0.2, 0.25) is 18.5 Å². The van der Waals surface area contributed by atoms with Crippen molar-refractivity contribution in [1.29, 1.82) is 0 Å². The lowest BCUT2D eigenvalue weighted by Gasteiger charge is -2.26. The van der Waals surface area contributed by atoms with Gasteiger partial charge in [-0.25, -0.2) is 13.8 Å². The Morgan fingerprint density at radius 3 is 2.72 bits per heavy atom. The van der Waals surface area contributed by atoms with Crippen LogP contribution in [0.25, 0.3) is 33.7 Å². The number of nitrogens with zero attached hydrogens (tertiary/aromatic N) is 5. The van der Waals surface area contributed by atoms with Crippen LogP contribution in [0.15, 0.2) is 65.4 Å². The maximum atomic E-state index is 14.2. The second-order valence-corrected chi connectivity index (χ2v) is 8.72. The highest BCUT2D eigenvalue weighted by atomic mass is 19.2. The lowest BCUT2D eigenvalue weighted by molar-refractivity contribution is -0.746. The molecule has 5 aromatic rings. The van der Waals surface area contributed by atoms with Gasteiger partial charge in [-0.2, -0.15) is 0 Å². The van der Waals surface area contributed by atoms with Gasteiger partial charge in [0.05, 0.1) is 18.8 Å². The van der Waals surface area contributed by atoms with Crippen LogP contribution in [0.3, 0.4) is 0 Å². The summed E-state index contributed by atoms with van der Waals surface area (Å²) in [5.74, 6) is -0.995. The summed E-state index contributed by atoms with van der Waals surface area (Å²) < 4.78 is 40.4. The minimum atomic E-state index is -0.944. The summed E-state index contributed by atoms with van der Waals surface area (Å²) in [6.45, 7) is 4.72. The Labute approximate surface area is 205 Å². The Balaban J connectivity index is 1.16. The number of rotatable bonds is 6. The van der Waals surface area contributed by atoms with Crippen LogP contribution < -0.4 is 4.68 Å². The highest BCUT2D eigenvalue weighted by Gasteiger charge is 2.18. The van der Waals surface area contributed by atoms with Crippen LogP contribution in [0.5, 0.6) is 0 Å². The maximum absolute atomic E-state index is 14.2. The first kappa shape index (κ1) is 22.4. The van der Waals surface area contributed by atoms with E-state index in [-0.39, 0.29) is 11.4 Å². The molecule has 8 nitrogen and oxygen atoms in total. The van der Waals surface area contributed by atoms with E-state index >= 15 is 0 Å². The largest absolute Gasteiger partial charge is 0.379 e. The standard InChI is InChI=1S/C26H22F2N6O2/c27-21-3-1-2-20(25(21)28)26-30-23-13-29-34(16-24(23)31-26)15-19-12-22(32-36-19)18-6-4-17(5-7-18)14-33-8-10-35-11-9-33/h1-7,12-13,16H,8-11,14-15H2/p+1. The van der Waals surface area contributed by atoms with Crippen molar-refractivity contribution in [2.75, 3.05) is 26.3 Å². The molecule has 0 atom stereocenters. The van der Waals surface area contributed by atoms with Gasteiger partial charge in [-0.15, -0.1) is 0 Å². The Morgan fingerprint density at radius 1 is 1.06 bits per heavy atom. The molecule has 0 amide bonds. The van der Waals surface area contributed by atoms with Gasteiger partial charge in [-0.3, -0.25) is 4.90 Å². The molecule has 36 heavy (non-hydrogen) atoms. The van der Waals surface area contributed by atoms with E-state index in [0.29, 0.717) is 23.3 Å². The van der Waals surface area contributed by atoms with Gasteiger partial charge in [0.25, 0.3) is 0 Å². The number of hydrogen-bond acceptors (Lipinski definition) is 6. The zero-order valence-corrected chi connectivity index (χ0v) is 19.3. The fourth-order valence-corrected chi connectivity index (χ4v) is 4.29. The number of H-pyrrole nitrogens is 1. The third kappa shape index (κ3) is 4.60. The molecule has 1 saturated heterocycles. The van der Waals surface area contributed by atoms with Crippen molar-refractivity contribution in [2.45, 2.75) is 13.1 Å². The van der Waals surface area contributed by atoms with Crippen molar-refractivity contribution in [2.24, 2.45) is 0 Å². The summed E-state index contributed by atoms with van der Waals surface area (Å²) in [7, 11) is 0. The first-order chi connectivity index (χ1) is 17.6. The third-order valence-electron chi connectivity index (χ3n) is 6.21. The minimum absolute atomic E-state index is 0.0635. The summed E-state index contributed by atoms with van der Waals surface area (Å²) in [5, 5.41) is 8.57. The number of fused-ring (bicyclic) bond motifs is 1. The maximum Gasteiger partial charge on any atom is 0.234 e. The van der Waals surface area contributed by atoms with E-state index < -0.39 is 11.6 Å². The summed E-state index contributed by atoms with van der Waals surface area (Å²) in [4.78, 5) is 9.75. The molecule has 0 saturated carbocycles. The molecule has 0 spiro atoms. The summed E-state index contributed by atoms with van der Waals surface area (Å²) >= 11 is 0. The van der Waals surface area contributed by atoms with Crippen LogP contribution in [0.4, 0.5) is 8.78 Å². The molecule has 0 aliphatic carbocycles. The van der Waals surface area contributed by atoms with E-state index in [2.05, 4.69) is 37.3 Å². The van der Waals surface area contributed by atoms with Crippen LogP contribution in [0.1, 0.15) is 11.3 Å². The molecule has 1 aliphatic rings. The molecular weight excluding hydrogens is 466 g/mol. The molecule has 0 unspecified atom stereocenters. The van der Waals surface area contributed by atoms with E-state index in [0.717, 1.165) is 50.2 Å². The van der Waals surface area contributed by atoms with Crippen molar-refractivity contribution >= 4 is 11.0 Å². The van der Waals surface area contributed by atoms with E-state index in [9.17, 15) is 8.78 Å². The lowest BCUT2D eigenvalue weighted by Crippen LogP contribution is -2.37. The SMILES string of the molecule is Fc1cccc(-c2nc3cn[n+](Cc4cc(-c5ccc(CN6CCOCC6)cc5)no4)cc3[nH]2)c1F. The second kappa shape index (κ2) is 9.56. The summed E-state index contributed by atoms with van der Waals surface area (Å²) in [6, 6.07) is 14.2. The van der Waals surface area contributed by atoms with Crippen molar-refractivity contribution in [3.8, 4) is 22.6 Å². The predicted octanol–water partition coefficient (Wildman–Crippen LogP) is 3.73. The Hall–Kier alpha value is -4.02. The number of aromatic amines is 1. The van der Waals surface area contributed by atoms with Gasteiger partial charge in [0, 0.05) is 31.3 Å². The quantitative estimate of drug-likeness (QED) is 0.366. The second-order valence-electron chi connectivity index (χ2n) is 8.72. The van der Waals surface area contributed by atoms with E-state index in [1.807, 2.05) is 18.2 Å². The normalized spacial score (nSPS) is 14.5. The molecule has 4 heterocycles. The highest BCUT2D eigenvalue weighted by molar-refractivity contribution is 5.77. The number of nitrogens with one attached hydrogen (secondary N) is 1. The molecule has 6 rings (SSSR count). The zero-order valence-electron chi connectivity index (χ0n) is 19.3. The molecule has 0 bridgehead atoms. The number of aromatic nitrogens is 5. The summed E-state index contributed by atoms with van der Waals surface area (Å²) in [6.07, 6.45) is 3.31. The fraction of sp³-hybridized carbons (Fsp3) is 0.231. The van der Waals surface area contributed by atoms with Crippen LogP contribution >= 0.6 is 0 Å². The molecule has 3 aromatic heterocycles. The molecule has 2 aromatic carbocycles. The van der Waals surface area contributed by atoms with Gasteiger partial charge in [-0.1, -0.05) is 40.2 Å². The highest BCUT2D eigenvalue weighted by Crippen LogP contribution is 2.24. The Bertz CT molecular complexity index is 1510. The minimum Gasteiger partial charge on any atom is -0.379 e. The third-order valence-corrected chi connectivity index (χ3v) is 6.21. The van der Waals surface area contributed by atoms with Crippen molar-refractivity contribution in [3.05, 3.63) is 83.9 Å². The zero-order chi connectivity index (χ0) is 24.5. The van der Waals surface area contributed by atoms with Gasteiger partial charge in [-0.05, 0) is 22.8 Å². The smallest absolute Gasteiger partial charge is 0.234 e. The van der Waals surface area contributed by atoms with Crippen LogP contribution in [0, 0.1) is 11.6 Å². The Morgan fingerprint density at radius 2 is 1.89 bits per heavy atom. The number of hydrogen-bond donors (Lipinski definition) is 1. The first-order valence-corrected chi connectivity index (χ1v) is 11.7. The topological polar surface area (TPSA) is 83.9 Å². The molecule has 1 fully saturated rings. The number of ether oxygens (including phenoxy) is 1. The predicted molar refractivity (Wildman–Crippen MR) is 127 cm³/mol. The van der Waals surface area contributed by atoms with Crippen LogP contribution in [0.2, 0.25) is 0 Å². The number of morpholine rings is 1. The molecular formula is C26H23F2N6O2+. The number of halogens is 2. The van der Waals surface area contributed by atoms with Gasteiger partial charge in [0.15, 0.2) is 11.6 Å². The van der Waals surface area contributed by atoms with Crippen molar-refractivity contribution in [3.63, 3.8) is 0 Å².